The second kappa shape index (κ2) is 5.08. The lowest BCUT2D eigenvalue weighted by Gasteiger charge is -2.10. The first kappa shape index (κ1) is 11.8. The number of carbonyl (C=O) groups excluding carboxylic acids is 1. The van der Waals surface area contributed by atoms with Gasteiger partial charge < -0.3 is 14.2 Å². The highest BCUT2D eigenvalue weighted by molar-refractivity contribution is 5.69. The highest BCUT2D eigenvalue weighted by Crippen LogP contribution is 2.38. The molecule has 2 rings (SSSR count). The van der Waals surface area contributed by atoms with E-state index in [1.165, 1.54) is 7.11 Å². The van der Waals surface area contributed by atoms with E-state index in [9.17, 15) is 4.79 Å². The Bertz CT molecular complexity index is 426. The van der Waals surface area contributed by atoms with Crippen LogP contribution in [0.3, 0.4) is 0 Å². The molecule has 1 aromatic carbocycles. The predicted octanol–water partition coefficient (Wildman–Crippen LogP) is 2.08. The van der Waals surface area contributed by atoms with Gasteiger partial charge in [0, 0.05) is 12.0 Å². The van der Waals surface area contributed by atoms with Crippen molar-refractivity contribution in [3.8, 4) is 11.5 Å². The number of hydrogen-bond donors (Lipinski definition) is 0. The maximum atomic E-state index is 11.1. The fraction of sp³-hybridized carbons (Fsp3) is 0.462. The Labute approximate surface area is 100 Å². The van der Waals surface area contributed by atoms with Crippen molar-refractivity contribution < 1.29 is 19.0 Å². The van der Waals surface area contributed by atoms with Gasteiger partial charge in [-0.1, -0.05) is 13.0 Å². The Kier molecular flexibility index (Phi) is 3.52. The normalized spacial score (nSPS) is 12.6. The lowest BCUT2D eigenvalue weighted by Crippen LogP contribution is -2.04. The maximum Gasteiger partial charge on any atom is 0.305 e. The highest BCUT2D eigenvalue weighted by Gasteiger charge is 2.19. The molecule has 1 heterocycles. The Morgan fingerprint density at radius 3 is 2.94 bits per heavy atom. The molecule has 0 aromatic heterocycles. The number of aryl methyl sites for hydroxylation is 1. The van der Waals surface area contributed by atoms with Crippen LogP contribution in [0.25, 0.3) is 0 Å². The first-order valence-corrected chi connectivity index (χ1v) is 5.73. The second-order valence-electron chi connectivity index (χ2n) is 3.87. The minimum absolute atomic E-state index is 0.190. The molecule has 92 valence electrons. The molecule has 0 spiro atoms. The molecule has 17 heavy (non-hydrogen) atoms. The molecule has 1 aliphatic heterocycles. The van der Waals surface area contributed by atoms with Gasteiger partial charge in [-0.15, -0.1) is 0 Å². The van der Waals surface area contributed by atoms with E-state index < -0.39 is 0 Å². The largest absolute Gasteiger partial charge is 0.469 e. The summed E-state index contributed by atoms with van der Waals surface area (Å²) in [6.07, 6.45) is 1.93. The number of fused-ring (bicyclic) bond motifs is 1. The van der Waals surface area contributed by atoms with Crippen LogP contribution in [0, 0.1) is 0 Å². The van der Waals surface area contributed by atoms with Crippen molar-refractivity contribution in [2.24, 2.45) is 0 Å². The monoisotopic (exact) mass is 236 g/mol. The standard InChI is InChI=1S/C13H16O4/c1-3-10-9(5-7-12(14)15-2)4-6-11-13(10)17-8-16-11/h4,6H,3,5,7-8H2,1-2H3. The molecule has 0 radical (unpaired) electrons. The van der Waals surface area contributed by atoms with Gasteiger partial charge in [-0.3, -0.25) is 4.79 Å². The third kappa shape index (κ3) is 2.35. The van der Waals surface area contributed by atoms with E-state index in [2.05, 4.69) is 11.7 Å². The van der Waals surface area contributed by atoms with Crippen molar-refractivity contribution in [2.45, 2.75) is 26.2 Å². The second-order valence-corrected chi connectivity index (χ2v) is 3.87. The van der Waals surface area contributed by atoms with Gasteiger partial charge in [0.15, 0.2) is 11.5 Å². The van der Waals surface area contributed by atoms with Crippen LogP contribution >= 0.6 is 0 Å². The van der Waals surface area contributed by atoms with Crippen molar-refractivity contribution in [2.75, 3.05) is 13.9 Å². The van der Waals surface area contributed by atoms with Gasteiger partial charge in [-0.05, 0) is 24.5 Å². The zero-order chi connectivity index (χ0) is 12.3. The summed E-state index contributed by atoms with van der Waals surface area (Å²) in [4.78, 5) is 11.1. The summed E-state index contributed by atoms with van der Waals surface area (Å²) in [7, 11) is 1.41. The SMILES string of the molecule is CCc1c(CCC(=O)OC)ccc2c1OCO2. The number of carbonyl (C=O) groups is 1. The van der Waals surface area contributed by atoms with E-state index in [0.29, 0.717) is 12.8 Å². The van der Waals surface area contributed by atoms with Gasteiger partial charge >= 0.3 is 5.97 Å². The average Bonchev–Trinajstić information content (AvgIpc) is 2.83. The molecular formula is C13H16O4. The fourth-order valence-electron chi connectivity index (χ4n) is 2.03. The van der Waals surface area contributed by atoms with Crippen LogP contribution in [-0.2, 0) is 22.4 Å². The minimum Gasteiger partial charge on any atom is -0.469 e. The van der Waals surface area contributed by atoms with Crippen LogP contribution in [0.1, 0.15) is 24.5 Å². The summed E-state index contributed by atoms with van der Waals surface area (Å²) >= 11 is 0. The summed E-state index contributed by atoms with van der Waals surface area (Å²) in [5.41, 5.74) is 2.26. The summed E-state index contributed by atoms with van der Waals surface area (Å²) in [5.74, 6) is 1.43. The third-order valence-electron chi connectivity index (χ3n) is 2.92. The molecule has 0 N–H and O–H groups in total. The first-order valence-electron chi connectivity index (χ1n) is 5.73. The quantitative estimate of drug-likeness (QED) is 0.751. The van der Waals surface area contributed by atoms with Crippen LogP contribution in [0.2, 0.25) is 0 Å². The Hall–Kier alpha value is -1.71. The molecule has 0 atom stereocenters. The first-order chi connectivity index (χ1) is 8.26. The molecule has 0 amide bonds. The number of esters is 1. The molecule has 1 aliphatic rings. The van der Waals surface area contributed by atoms with E-state index in [0.717, 1.165) is 29.0 Å². The molecule has 0 saturated carbocycles. The summed E-state index contributed by atoms with van der Waals surface area (Å²) in [6.45, 7) is 2.35. The minimum atomic E-state index is -0.190. The van der Waals surface area contributed by atoms with E-state index in [1.807, 2.05) is 12.1 Å². The number of benzene rings is 1. The highest BCUT2D eigenvalue weighted by atomic mass is 16.7. The molecule has 0 fully saturated rings. The third-order valence-corrected chi connectivity index (χ3v) is 2.92. The molecular weight excluding hydrogens is 220 g/mol. The van der Waals surface area contributed by atoms with Gasteiger partial charge in [-0.25, -0.2) is 0 Å². The van der Waals surface area contributed by atoms with E-state index in [-0.39, 0.29) is 12.8 Å². The van der Waals surface area contributed by atoms with Gasteiger partial charge in [-0.2, -0.15) is 0 Å². The molecule has 0 aliphatic carbocycles. The molecule has 4 heteroatoms. The lowest BCUT2D eigenvalue weighted by molar-refractivity contribution is -0.140. The van der Waals surface area contributed by atoms with Gasteiger partial charge in [0.25, 0.3) is 0 Å². The summed E-state index contributed by atoms with van der Waals surface area (Å²) in [6, 6.07) is 3.89. The topological polar surface area (TPSA) is 44.8 Å². The Morgan fingerprint density at radius 2 is 2.24 bits per heavy atom. The van der Waals surface area contributed by atoms with Crippen molar-refractivity contribution in [3.63, 3.8) is 0 Å². The summed E-state index contributed by atoms with van der Waals surface area (Å²) < 4.78 is 15.4. The zero-order valence-corrected chi connectivity index (χ0v) is 10.1. The molecule has 0 unspecified atom stereocenters. The van der Waals surface area contributed by atoms with Gasteiger partial charge in [0.05, 0.1) is 7.11 Å². The lowest BCUT2D eigenvalue weighted by atomic mass is 9.99. The smallest absolute Gasteiger partial charge is 0.305 e. The predicted molar refractivity (Wildman–Crippen MR) is 62.3 cm³/mol. The molecule has 0 saturated heterocycles. The van der Waals surface area contributed by atoms with E-state index >= 15 is 0 Å². The van der Waals surface area contributed by atoms with E-state index in [1.54, 1.807) is 0 Å². The van der Waals surface area contributed by atoms with Gasteiger partial charge in [0.2, 0.25) is 6.79 Å². The van der Waals surface area contributed by atoms with Gasteiger partial charge in [0.1, 0.15) is 0 Å². The number of methoxy groups -OCH3 is 1. The number of hydrogen-bond acceptors (Lipinski definition) is 4. The van der Waals surface area contributed by atoms with Crippen molar-refractivity contribution >= 4 is 5.97 Å². The number of ether oxygens (including phenoxy) is 3. The average molecular weight is 236 g/mol. The van der Waals surface area contributed by atoms with Crippen LogP contribution in [0.4, 0.5) is 0 Å². The van der Waals surface area contributed by atoms with Crippen molar-refractivity contribution in [1.82, 2.24) is 0 Å². The van der Waals surface area contributed by atoms with Crippen molar-refractivity contribution in [1.29, 1.82) is 0 Å². The van der Waals surface area contributed by atoms with Crippen LogP contribution in [0.5, 0.6) is 11.5 Å². The number of rotatable bonds is 4. The summed E-state index contributed by atoms with van der Waals surface area (Å²) in [5, 5.41) is 0. The Balaban J connectivity index is 2.20. The fourth-order valence-corrected chi connectivity index (χ4v) is 2.03. The van der Waals surface area contributed by atoms with Crippen LogP contribution in [-0.4, -0.2) is 19.9 Å². The molecule has 0 bridgehead atoms. The van der Waals surface area contributed by atoms with Crippen molar-refractivity contribution in [3.05, 3.63) is 23.3 Å². The zero-order valence-electron chi connectivity index (χ0n) is 10.1. The van der Waals surface area contributed by atoms with E-state index in [4.69, 9.17) is 9.47 Å². The molecule has 4 nitrogen and oxygen atoms in total. The van der Waals surface area contributed by atoms with Crippen LogP contribution < -0.4 is 9.47 Å². The maximum absolute atomic E-state index is 11.1. The van der Waals surface area contributed by atoms with Crippen LogP contribution in [0.15, 0.2) is 12.1 Å². The molecule has 1 aromatic rings. The Morgan fingerprint density at radius 1 is 1.41 bits per heavy atom.